The second-order valence-corrected chi connectivity index (χ2v) is 7.24. The molecule has 1 N–H and O–H groups in total. The van der Waals surface area contributed by atoms with Crippen molar-refractivity contribution in [2.45, 2.75) is 12.4 Å². The zero-order chi connectivity index (χ0) is 27.4. The zero-order valence-electron chi connectivity index (χ0n) is 18.6. The maximum Gasteiger partial charge on any atom is 0.416 e. The van der Waals surface area contributed by atoms with E-state index < -0.39 is 58.0 Å². The topological polar surface area (TPSA) is 99.9 Å². The third-order valence-corrected chi connectivity index (χ3v) is 4.71. The van der Waals surface area contributed by atoms with Gasteiger partial charge in [-0.15, -0.1) is 0 Å². The molecule has 0 heterocycles. The Morgan fingerprint density at radius 1 is 0.865 bits per heavy atom. The van der Waals surface area contributed by atoms with E-state index in [0.29, 0.717) is 18.2 Å². The van der Waals surface area contributed by atoms with Crippen molar-refractivity contribution in [1.29, 1.82) is 0 Å². The summed E-state index contributed by atoms with van der Waals surface area (Å²) in [7, 11) is 1.34. The first-order chi connectivity index (χ1) is 17.3. The normalized spacial score (nSPS) is 11.5. The number of hydrogen-bond donors (Lipinski definition) is 1. The molecule has 196 valence electrons. The van der Waals surface area contributed by atoms with Crippen LogP contribution in [0.4, 0.5) is 37.7 Å². The van der Waals surface area contributed by atoms with Crippen molar-refractivity contribution in [1.82, 2.24) is 0 Å². The third kappa shape index (κ3) is 6.80. The largest absolute Gasteiger partial charge is 0.493 e. The molecule has 3 rings (SSSR count). The summed E-state index contributed by atoms with van der Waals surface area (Å²) < 4.78 is 94.0. The lowest BCUT2D eigenvalue weighted by Gasteiger charge is -2.16. The summed E-state index contributed by atoms with van der Waals surface area (Å²) in [6.45, 7) is -0.976. The highest BCUT2D eigenvalue weighted by atomic mass is 19.4. The molecule has 0 aliphatic carbocycles. The van der Waals surface area contributed by atoms with Crippen LogP contribution in [0.25, 0.3) is 0 Å². The third-order valence-electron chi connectivity index (χ3n) is 4.71. The Bertz CT molecular complexity index is 1310. The summed E-state index contributed by atoms with van der Waals surface area (Å²) in [4.78, 5) is 22.5. The summed E-state index contributed by atoms with van der Waals surface area (Å²) >= 11 is 0. The minimum Gasteiger partial charge on any atom is -0.493 e. The van der Waals surface area contributed by atoms with Crippen molar-refractivity contribution in [3.8, 4) is 23.0 Å². The van der Waals surface area contributed by atoms with E-state index in [1.165, 1.54) is 19.2 Å². The van der Waals surface area contributed by atoms with E-state index in [1.807, 2.05) is 0 Å². The van der Waals surface area contributed by atoms with Gasteiger partial charge in [-0.25, -0.2) is 0 Å². The summed E-state index contributed by atoms with van der Waals surface area (Å²) in [5.74, 6) is -1.55. The van der Waals surface area contributed by atoms with Gasteiger partial charge >= 0.3 is 18.0 Å². The van der Waals surface area contributed by atoms with Gasteiger partial charge in [-0.05, 0) is 42.5 Å². The molecular weight excluding hydrogens is 514 g/mol. The number of nitrogens with zero attached hydrogens (tertiary/aromatic N) is 1. The predicted molar refractivity (Wildman–Crippen MR) is 117 cm³/mol. The lowest BCUT2D eigenvalue weighted by atomic mass is 10.1. The van der Waals surface area contributed by atoms with Crippen molar-refractivity contribution in [3.05, 3.63) is 81.9 Å². The number of carbonyl (C=O) groups excluding carboxylic acids is 1. The van der Waals surface area contributed by atoms with Crippen LogP contribution in [0, 0.1) is 10.1 Å². The number of alkyl halides is 6. The molecule has 0 bridgehead atoms. The van der Waals surface area contributed by atoms with Crippen LogP contribution < -0.4 is 19.5 Å². The molecule has 0 aliphatic rings. The number of ether oxygens (including phenoxy) is 3. The highest BCUT2D eigenvalue weighted by Crippen LogP contribution is 2.39. The van der Waals surface area contributed by atoms with Crippen molar-refractivity contribution in [2.24, 2.45) is 0 Å². The van der Waals surface area contributed by atoms with E-state index >= 15 is 0 Å². The van der Waals surface area contributed by atoms with Gasteiger partial charge in [-0.2, -0.15) is 26.3 Å². The molecule has 0 aliphatic heterocycles. The van der Waals surface area contributed by atoms with Gasteiger partial charge in [0.1, 0.15) is 0 Å². The monoisotopic (exact) mass is 530 g/mol. The van der Waals surface area contributed by atoms with Crippen LogP contribution in [0.5, 0.6) is 23.0 Å². The molecule has 1 amide bonds. The van der Waals surface area contributed by atoms with Gasteiger partial charge < -0.3 is 19.5 Å². The van der Waals surface area contributed by atoms with Gasteiger partial charge in [0.2, 0.25) is 0 Å². The molecule has 3 aromatic rings. The SMILES string of the molecule is COc1ccccc1Oc1ccc(C(F)(F)F)cc1NC(=O)COc1ccc(C(F)(F)F)cc1[N+](=O)[O-]. The number of hydrogen-bond acceptors (Lipinski definition) is 6. The average molecular weight is 530 g/mol. The van der Waals surface area contributed by atoms with E-state index in [-0.39, 0.29) is 23.3 Å². The van der Waals surface area contributed by atoms with Crippen molar-refractivity contribution in [3.63, 3.8) is 0 Å². The Hall–Kier alpha value is -4.49. The number of carbonyl (C=O) groups is 1. The van der Waals surface area contributed by atoms with Gasteiger partial charge in [0, 0.05) is 6.07 Å². The van der Waals surface area contributed by atoms with E-state index in [9.17, 15) is 41.3 Å². The molecule has 0 saturated heterocycles. The maximum atomic E-state index is 13.2. The first kappa shape index (κ1) is 27.1. The molecule has 8 nitrogen and oxygen atoms in total. The van der Waals surface area contributed by atoms with Gasteiger partial charge in [-0.1, -0.05) is 12.1 Å². The average Bonchev–Trinajstić information content (AvgIpc) is 2.82. The number of nitro benzene ring substituents is 1. The quantitative estimate of drug-likeness (QED) is 0.204. The Labute approximate surface area is 204 Å². The van der Waals surface area contributed by atoms with Gasteiger partial charge in [0.05, 0.1) is 28.8 Å². The van der Waals surface area contributed by atoms with E-state index in [4.69, 9.17) is 14.2 Å². The molecule has 0 radical (unpaired) electrons. The Morgan fingerprint density at radius 3 is 2.00 bits per heavy atom. The Kier molecular flexibility index (Phi) is 7.79. The molecule has 0 unspecified atom stereocenters. The van der Waals surface area contributed by atoms with Crippen molar-refractivity contribution in [2.75, 3.05) is 19.0 Å². The highest BCUT2D eigenvalue weighted by molar-refractivity contribution is 5.93. The number of nitrogens with one attached hydrogen (secondary N) is 1. The van der Waals surface area contributed by atoms with E-state index in [2.05, 4.69) is 5.32 Å². The number of nitro groups is 1. The zero-order valence-corrected chi connectivity index (χ0v) is 18.6. The molecule has 0 spiro atoms. The summed E-state index contributed by atoms with van der Waals surface area (Å²) in [5, 5.41) is 13.3. The Morgan fingerprint density at radius 2 is 1.43 bits per heavy atom. The van der Waals surface area contributed by atoms with Crippen LogP contribution in [0.2, 0.25) is 0 Å². The molecule has 0 aromatic heterocycles. The smallest absolute Gasteiger partial charge is 0.416 e. The molecule has 0 fully saturated rings. The minimum absolute atomic E-state index is 0.122. The summed E-state index contributed by atoms with van der Waals surface area (Å²) in [6.07, 6.45) is -9.62. The fourth-order valence-electron chi connectivity index (χ4n) is 3.00. The van der Waals surface area contributed by atoms with E-state index in [1.54, 1.807) is 12.1 Å². The second-order valence-electron chi connectivity index (χ2n) is 7.24. The van der Waals surface area contributed by atoms with Crippen LogP contribution in [-0.2, 0) is 17.1 Å². The van der Waals surface area contributed by atoms with Crippen LogP contribution in [0.3, 0.4) is 0 Å². The Balaban J connectivity index is 1.84. The number of methoxy groups -OCH3 is 1. The fourth-order valence-corrected chi connectivity index (χ4v) is 3.00. The highest BCUT2D eigenvalue weighted by Gasteiger charge is 2.34. The van der Waals surface area contributed by atoms with Crippen molar-refractivity contribution < 1.29 is 50.3 Å². The van der Waals surface area contributed by atoms with Gasteiger partial charge in [0.25, 0.3) is 5.91 Å². The predicted octanol–water partition coefficient (Wildman–Crippen LogP) is 6.45. The number of rotatable bonds is 8. The number of benzene rings is 3. The number of anilines is 1. The summed E-state index contributed by atoms with van der Waals surface area (Å²) in [6, 6.07) is 9.90. The molecule has 14 heteroatoms. The van der Waals surface area contributed by atoms with Crippen LogP contribution >= 0.6 is 0 Å². The lowest BCUT2D eigenvalue weighted by molar-refractivity contribution is -0.386. The molecule has 37 heavy (non-hydrogen) atoms. The molecule has 3 aromatic carbocycles. The summed E-state index contributed by atoms with van der Waals surface area (Å²) in [5.41, 5.74) is -3.90. The van der Waals surface area contributed by atoms with Gasteiger partial charge in [0.15, 0.2) is 29.6 Å². The maximum absolute atomic E-state index is 13.2. The van der Waals surface area contributed by atoms with E-state index in [0.717, 1.165) is 12.1 Å². The molecule has 0 saturated carbocycles. The molecule has 0 atom stereocenters. The number of para-hydroxylation sites is 2. The van der Waals surface area contributed by atoms with Crippen LogP contribution in [0.1, 0.15) is 11.1 Å². The van der Waals surface area contributed by atoms with Gasteiger partial charge in [-0.3, -0.25) is 14.9 Å². The minimum atomic E-state index is -4.86. The first-order valence-corrected chi connectivity index (χ1v) is 10.1. The van der Waals surface area contributed by atoms with Crippen LogP contribution in [0.15, 0.2) is 60.7 Å². The molecular formula is C23H16F6N2O6. The van der Waals surface area contributed by atoms with Crippen LogP contribution in [-0.4, -0.2) is 24.5 Å². The van der Waals surface area contributed by atoms with Crippen molar-refractivity contribution >= 4 is 17.3 Å². The first-order valence-electron chi connectivity index (χ1n) is 10.1. The second kappa shape index (κ2) is 10.6. The lowest BCUT2D eigenvalue weighted by Crippen LogP contribution is -2.21. The number of amides is 1. The number of halogens is 6. The fraction of sp³-hybridized carbons (Fsp3) is 0.174. The standard InChI is InChI=1S/C23H16F6N2O6/c1-35-19-4-2-3-5-20(19)37-17-8-6-13(22(24,25)26)10-15(17)30-21(32)12-36-18-9-7-14(23(27,28)29)11-16(18)31(33)34/h2-11H,12H2,1H3,(H,30,32).